The van der Waals surface area contributed by atoms with Gasteiger partial charge in [0.25, 0.3) is 0 Å². The van der Waals surface area contributed by atoms with Gasteiger partial charge in [0.05, 0.1) is 18.9 Å². The molecule has 2 unspecified atom stereocenters. The Morgan fingerprint density at radius 1 is 0.867 bits per heavy atom. The van der Waals surface area contributed by atoms with Crippen LogP contribution in [0.25, 0.3) is 0 Å². The minimum atomic E-state index is 0. The van der Waals surface area contributed by atoms with Crippen molar-refractivity contribution in [1.29, 1.82) is 0 Å². The van der Waals surface area contributed by atoms with E-state index in [4.69, 9.17) is 4.74 Å². The lowest BCUT2D eigenvalue weighted by Crippen LogP contribution is -3.00. The van der Waals surface area contributed by atoms with Crippen molar-refractivity contribution >= 4 is 11.8 Å². The molecule has 1 aliphatic heterocycles. The molecule has 0 radical (unpaired) electrons. The second kappa shape index (κ2) is 18.6. The average molecular weight is 504 g/mol. The fraction of sp³-hybridized carbons (Fsp3) is 0.880. The fourth-order valence-electron chi connectivity index (χ4n) is 4.28. The Morgan fingerprint density at radius 3 is 1.90 bits per heavy atom. The molecule has 3 nitrogen and oxygen atoms in total. The first kappa shape index (κ1) is 28.0. The van der Waals surface area contributed by atoms with E-state index in [9.17, 15) is 0 Å². The molecule has 30 heavy (non-hydrogen) atoms. The Balaban J connectivity index is 0.00000450. The molecule has 1 aromatic heterocycles. The molecule has 176 valence electrons. The van der Waals surface area contributed by atoms with Crippen LogP contribution < -0.4 is 21.5 Å². The summed E-state index contributed by atoms with van der Waals surface area (Å²) in [4.78, 5) is 0. The molecule has 0 N–H and O–H groups in total. The highest BCUT2D eigenvalue weighted by atomic mass is 79.9. The van der Waals surface area contributed by atoms with Gasteiger partial charge in [-0.05, 0) is 12.8 Å². The number of nitrogens with zero attached hydrogens (tertiary/aromatic N) is 2. The molecule has 0 bridgehead atoms. The number of hydrogen-bond donors (Lipinski definition) is 0. The van der Waals surface area contributed by atoms with Gasteiger partial charge in [0.1, 0.15) is 24.4 Å². The first-order valence-electron chi connectivity index (χ1n) is 12.6. The van der Waals surface area contributed by atoms with Crippen LogP contribution in [0.1, 0.15) is 110 Å². The van der Waals surface area contributed by atoms with E-state index >= 15 is 0 Å². The van der Waals surface area contributed by atoms with Crippen molar-refractivity contribution in [2.45, 2.75) is 127 Å². The molecule has 1 aliphatic rings. The molecule has 0 aliphatic carbocycles. The molecule has 2 rings (SSSR count). The predicted octanol–water partition coefficient (Wildman–Crippen LogP) is 4.04. The number of halogens is 1. The Morgan fingerprint density at radius 2 is 1.40 bits per heavy atom. The zero-order valence-electron chi connectivity index (χ0n) is 19.7. The molecule has 2 heterocycles. The summed E-state index contributed by atoms with van der Waals surface area (Å²) >= 11 is 2.05. The standard InChI is InChI=1S/C25H47N2OS.BrH/c1-3-4-5-6-7-8-9-10-11-12-13-14-15-16-17-18-25-28-22-24(29-25)21-27-20-19-26(2)23-27;/h19-20,23-25H,3-18,21-22H2,1-2H3;1H/q+1;/p-1. The van der Waals surface area contributed by atoms with Gasteiger partial charge in [-0.25, -0.2) is 9.13 Å². The highest BCUT2D eigenvalue weighted by Crippen LogP contribution is 2.32. The summed E-state index contributed by atoms with van der Waals surface area (Å²) in [6, 6.07) is 0. The zero-order chi connectivity index (χ0) is 20.6. The van der Waals surface area contributed by atoms with E-state index in [0.29, 0.717) is 10.7 Å². The maximum absolute atomic E-state index is 6.01. The molecule has 0 amide bonds. The first-order valence-corrected chi connectivity index (χ1v) is 13.5. The Labute approximate surface area is 201 Å². The highest BCUT2D eigenvalue weighted by Gasteiger charge is 2.27. The monoisotopic (exact) mass is 502 g/mol. The molecule has 2 atom stereocenters. The Bertz CT molecular complexity index is 511. The summed E-state index contributed by atoms with van der Waals surface area (Å²) in [5, 5.41) is 0.615. The summed E-state index contributed by atoms with van der Waals surface area (Å²) in [5.41, 5.74) is 0.436. The number of aryl methyl sites for hydroxylation is 1. The third-order valence-electron chi connectivity index (χ3n) is 6.09. The lowest BCUT2D eigenvalue weighted by molar-refractivity contribution is -0.671. The molecule has 1 aromatic rings. The van der Waals surface area contributed by atoms with Gasteiger partial charge in [0, 0.05) is 0 Å². The molecule has 0 aromatic carbocycles. The summed E-state index contributed by atoms with van der Waals surface area (Å²) in [5.74, 6) is 0. The minimum absolute atomic E-state index is 0. The summed E-state index contributed by atoms with van der Waals surface area (Å²) in [7, 11) is 2.08. The van der Waals surface area contributed by atoms with Crippen LogP contribution in [-0.2, 0) is 18.3 Å². The third-order valence-corrected chi connectivity index (χ3v) is 7.44. The van der Waals surface area contributed by atoms with Crippen LogP contribution in [0.15, 0.2) is 18.7 Å². The largest absolute Gasteiger partial charge is 1.00 e. The van der Waals surface area contributed by atoms with Crippen LogP contribution in [-0.4, -0.2) is 21.9 Å². The minimum Gasteiger partial charge on any atom is -1.00 e. The van der Waals surface area contributed by atoms with Crippen LogP contribution >= 0.6 is 11.8 Å². The Hall–Kier alpha value is 0. The number of hydrogen-bond acceptors (Lipinski definition) is 2. The van der Waals surface area contributed by atoms with Gasteiger partial charge in [0.15, 0.2) is 0 Å². The van der Waals surface area contributed by atoms with Gasteiger partial charge in [-0.2, -0.15) is 0 Å². The second-order valence-electron chi connectivity index (χ2n) is 9.04. The number of thioether (sulfide) groups is 1. The molecule has 1 fully saturated rings. The lowest BCUT2D eigenvalue weighted by Gasteiger charge is -2.08. The van der Waals surface area contributed by atoms with E-state index < -0.39 is 0 Å². The van der Waals surface area contributed by atoms with Crippen molar-refractivity contribution in [2.24, 2.45) is 7.05 Å². The third kappa shape index (κ3) is 13.4. The van der Waals surface area contributed by atoms with Crippen molar-refractivity contribution in [3.05, 3.63) is 18.7 Å². The van der Waals surface area contributed by atoms with Crippen molar-refractivity contribution in [2.75, 3.05) is 6.61 Å². The summed E-state index contributed by atoms with van der Waals surface area (Å²) in [6.45, 7) is 4.28. The van der Waals surface area contributed by atoms with Crippen molar-refractivity contribution in [1.82, 2.24) is 4.57 Å². The van der Waals surface area contributed by atoms with Crippen molar-refractivity contribution in [3.63, 3.8) is 0 Å². The van der Waals surface area contributed by atoms with Crippen molar-refractivity contribution in [3.8, 4) is 0 Å². The summed E-state index contributed by atoms with van der Waals surface area (Å²) < 4.78 is 10.4. The number of rotatable bonds is 18. The van der Waals surface area contributed by atoms with Gasteiger partial charge in [-0.3, -0.25) is 0 Å². The quantitative estimate of drug-likeness (QED) is 0.222. The van der Waals surface area contributed by atoms with Crippen LogP contribution in [0.5, 0.6) is 0 Å². The van der Waals surface area contributed by atoms with E-state index in [-0.39, 0.29) is 17.0 Å². The van der Waals surface area contributed by atoms with Crippen molar-refractivity contribution < 1.29 is 26.3 Å². The second-order valence-corrected chi connectivity index (χ2v) is 10.5. The van der Waals surface area contributed by atoms with E-state index in [2.05, 4.69) is 41.8 Å². The number of imidazole rings is 1. The molecular weight excluding hydrogens is 456 g/mol. The SMILES string of the molecule is CCCCCCCCCCCCCCCCCC1OCC(Cn2cc[n+](C)c2)S1.[Br-]. The van der Waals surface area contributed by atoms with Crippen LogP contribution in [0.3, 0.4) is 0 Å². The predicted molar refractivity (Wildman–Crippen MR) is 126 cm³/mol. The number of unbranched alkanes of at least 4 members (excludes halogenated alkanes) is 14. The molecule has 0 saturated carbocycles. The van der Waals surface area contributed by atoms with E-state index in [1.165, 1.54) is 103 Å². The normalized spacial score (nSPS) is 18.6. The van der Waals surface area contributed by atoms with Crippen LogP contribution in [0.4, 0.5) is 0 Å². The maximum Gasteiger partial charge on any atom is 0.243 e. The van der Waals surface area contributed by atoms with E-state index in [1.807, 2.05) is 11.8 Å². The van der Waals surface area contributed by atoms with Gasteiger partial charge >= 0.3 is 0 Å². The number of aromatic nitrogens is 2. The van der Waals surface area contributed by atoms with Crippen LogP contribution in [0.2, 0.25) is 0 Å². The summed E-state index contributed by atoms with van der Waals surface area (Å²) in [6.07, 6.45) is 29.2. The van der Waals surface area contributed by atoms with E-state index in [1.54, 1.807) is 0 Å². The molecule has 5 heteroatoms. The van der Waals surface area contributed by atoms with Gasteiger partial charge < -0.3 is 21.7 Å². The van der Waals surface area contributed by atoms with E-state index in [0.717, 1.165) is 13.2 Å². The topological polar surface area (TPSA) is 18.0 Å². The van der Waals surface area contributed by atoms with Gasteiger partial charge in [-0.1, -0.05) is 96.8 Å². The average Bonchev–Trinajstić information content (AvgIpc) is 3.33. The zero-order valence-corrected chi connectivity index (χ0v) is 22.1. The Kier molecular flexibility index (Phi) is 17.3. The number of ether oxygens (including phenoxy) is 1. The lowest BCUT2D eigenvalue weighted by atomic mass is 10.0. The van der Waals surface area contributed by atoms with Crippen LogP contribution in [0, 0.1) is 0 Å². The first-order chi connectivity index (χ1) is 14.3. The maximum atomic E-state index is 6.01. The van der Waals surface area contributed by atoms with Gasteiger partial charge in [0.2, 0.25) is 6.33 Å². The van der Waals surface area contributed by atoms with Gasteiger partial charge in [-0.15, -0.1) is 11.8 Å². The highest BCUT2D eigenvalue weighted by molar-refractivity contribution is 8.00. The smallest absolute Gasteiger partial charge is 0.243 e. The molecule has 1 saturated heterocycles. The molecular formula is C25H47BrN2OS. The molecule has 0 spiro atoms. The fourth-order valence-corrected chi connectivity index (χ4v) is 5.59.